The molecule has 0 radical (unpaired) electrons. The second-order valence-corrected chi connectivity index (χ2v) is 4.07. The largest absolute Gasteiger partial charge is 0.417 e. The van der Waals surface area contributed by atoms with Crippen LogP contribution in [0.3, 0.4) is 0 Å². The summed E-state index contributed by atoms with van der Waals surface area (Å²) in [7, 11) is 1.81. The molecule has 0 spiro atoms. The molecule has 3 nitrogen and oxygen atoms in total. The smallest absolute Gasteiger partial charge is 0.355 e. The number of anilines is 1. The van der Waals surface area contributed by atoms with Crippen LogP contribution in [0.4, 0.5) is 18.9 Å². The van der Waals surface area contributed by atoms with Gasteiger partial charge < -0.3 is 10.2 Å². The zero-order chi connectivity index (χ0) is 12.5. The second kappa shape index (κ2) is 5.75. The second-order valence-electron chi connectivity index (χ2n) is 4.07. The molecule has 1 fully saturated rings. The van der Waals surface area contributed by atoms with Crippen LogP contribution in [0.2, 0.25) is 0 Å². The van der Waals surface area contributed by atoms with Crippen molar-refractivity contribution in [1.29, 1.82) is 0 Å². The van der Waals surface area contributed by atoms with Crippen LogP contribution < -0.4 is 10.2 Å². The van der Waals surface area contributed by atoms with Gasteiger partial charge in [-0.25, -0.2) is 0 Å². The highest BCUT2D eigenvalue weighted by atomic mass is 35.5. The highest BCUT2D eigenvalue weighted by Gasteiger charge is 2.32. The molecule has 0 saturated carbocycles. The summed E-state index contributed by atoms with van der Waals surface area (Å²) >= 11 is 0. The van der Waals surface area contributed by atoms with E-state index in [-0.39, 0.29) is 18.6 Å². The highest BCUT2D eigenvalue weighted by molar-refractivity contribution is 5.85. The Morgan fingerprint density at radius 1 is 1.39 bits per heavy atom. The summed E-state index contributed by atoms with van der Waals surface area (Å²) < 4.78 is 37.7. The van der Waals surface area contributed by atoms with Gasteiger partial charge in [0.2, 0.25) is 0 Å². The van der Waals surface area contributed by atoms with Gasteiger partial charge in [0.15, 0.2) is 0 Å². The van der Waals surface area contributed by atoms with Crippen molar-refractivity contribution in [3.8, 4) is 0 Å². The van der Waals surface area contributed by atoms with Crippen molar-refractivity contribution in [3.05, 3.63) is 24.0 Å². The maximum absolute atomic E-state index is 12.6. The van der Waals surface area contributed by atoms with E-state index in [0.717, 1.165) is 31.6 Å². The van der Waals surface area contributed by atoms with Crippen molar-refractivity contribution in [1.82, 2.24) is 10.3 Å². The molecule has 1 N–H and O–H groups in total. The molecule has 1 atom stereocenters. The molecular weight excluding hydrogens is 267 g/mol. The number of nitrogens with zero attached hydrogens (tertiary/aromatic N) is 2. The van der Waals surface area contributed by atoms with Gasteiger partial charge in [-0.05, 0) is 26.0 Å². The van der Waals surface area contributed by atoms with Crippen LogP contribution in [0.5, 0.6) is 0 Å². The van der Waals surface area contributed by atoms with Crippen LogP contribution in [-0.2, 0) is 6.18 Å². The molecule has 1 aromatic rings. The van der Waals surface area contributed by atoms with Crippen LogP contribution in [0.15, 0.2) is 18.5 Å². The fourth-order valence-electron chi connectivity index (χ4n) is 2.12. The Labute approximate surface area is 110 Å². The maximum atomic E-state index is 12.6. The zero-order valence-corrected chi connectivity index (χ0v) is 10.7. The van der Waals surface area contributed by atoms with Crippen molar-refractivity contribution in [3.63, 3.8) is 0 Å². The maximum Gasteiger partial charge on any atom is 0.417 e. The molecule has 1 aliphatic rings. The molecular formula is C11H15ClF3N3. The normalized spacial score (nSPS) is 19.8. The first-order valence-corrected chi connectivity index (χ1v) is 5.48. The van der Waals surface area contributed by atoms with Crippen molar-refractivity contribution in [2.45, 2.75) is 25.2 Å². The van der Waals surface area contributed by atoms with Gasteiger partial charge >= 0.3 is 6.18 Å². The van der Waals surface area contributed by atoms with Gasteiger partial charge in [-0.3, -0.25) is 4.98 Å². The van der Waals surface area contributed by atoms with Crippen LogP contribution >= 0.6 is 12.4 Å². The minimum absolute atomic E-state index is 0. The molecule has 1 unspecified atom stereocenters. The van der Waals surface area contributed by atoms with Crippen molar-refractivity contribution in [2.75, 3.05) is 18.5 Å². The minimum atomic E-state index is -4.34. The molecule has 7 heteroatoms. The Bertz CT molecular complexity index is 397. The third-order valence-electron chi connectivity index (χ3n) is 2.97. The topological polar surface area (TPSA) is 28.2 Å². The van der Waals surface area contributed by atoms with Crippen LogP contribution in [0.1, 0.15) is 18.4 Å². The summed E-state index contributed by atoms with van der Waals surface area (Å²) in [5.41, 5.74) is -0.173. The molecule has 0 bridgehead atoms. The first-order chi connectivity index (χ1) is 8.02. The van der Waals surface area contributed by atoms with Gasteiger partial charge in [0.1, 0.15) is 0 Å². The van der Waals surface area contributed by atoms with Gasteiger partial charge in [-0.15, -0.1) is 12.4 Å². The predicted molar refractivity (Wildman–Crippen MR) is 65.9 cm³/mol. The standard InChI is InChI=1S/C11H14F3N3.ClH/c1-15-10-3-2-4-17(10)9-5-8(6-16-7-9)11(12,13)14;/h5-7,10,15H,2-4H2,1H3;1H. The zero-order valence-electron chi connectivity index (χ0n) is 9.87. The number of aromatic nitrogens is 1. The summed E-state index contributed by atoms with van der Waals surface area (Å²) in [5.74, 6) is 0. The van der Waals surface area contributed by atoms with Crippen LogP contribution in [-0.4, -0.2) is 24.7 Å². The number of hydrogen-bond donors (Lipinski definition) is 1. The Morgan fingerprint density at radius 2 is 2.11 bits per heavy atom. The van der Waals surface area contributed by atoms with Gasteiger partial charge in [0.25, 0.3) is 0 Å². The summed E-state index contributed by atoms with van der Waals surface area (Å²) in [6.07, 6.45) is 0.00545. The lowest BCUT2D eigenvalue weighted by atomic mass is 10.2. The Kier molecular flexibility index (Phi) is 4.81. The lowest BCUT2D eigenvalue weighted by Crippen LogP contribution is -2.39. The number of halogens is 4. The lowest BCUT2D eigenvalue weighted by Gasteiger charge is -2.26. The van der Waals surface area contributed by atoms with E-state index in [4.69, 9.17) is 0 Å². The molecule has 102 valence electrons. The molecule has 0 amide bonds. The van der Waals surface area contributed by atoms with E-state index in [1.54, 1.807) is 0 Å². The molecule has 2 heterocycles. The predicted octanol–water partition coefficient (Wildman–Crippen LogP) is 2.67. The summed E-state index contributed by atoms with van der Waals surface area (Å²) in [5, 5.41) is 3.09. The van der Waals surface area contributed by atoms with Gasteiger partial charge in [0.05, 0.1) is 23.6 Å². The van der Waals surface area contributed by atoms with E-state index < -0.39 is 11.7 Å². The Balaban J connectivity index is 0.00000162. The number of hydrogen-bond acceptors (Lipinski definition) is 3. The number of pyridine rings is 1. The van der Waals surface area contributed by atoms with Gasteiger partial charge in [0, 0.05) is 12.7 Å². The first-order valence-electron chi connectivity index (χ1n) is 5.48. The van der Waals surface area contributed by atoms with Crippen molar-refractivity contribution >= 4 is 18.1 Å². The van der Waals surface area contributed by atoms with E-state index in [1.165, 1.54) is 6.20 Å². The monoisotopic (exact) mass is 281 g/mol. The molecule has 1 saturated heterocycles. The van der Waals surface area contributed by atoms with Crippen LogP contribution in [0.25, 0.3) is 0 Å². The van der Waals surface area contributed by atoms with Gasteiger partial charge in [-0.1, -0.05) is 0 Å². The summed E-state index contributed by atoms with van der Waals surface area (Å²) in [6.45, 7) is 0.758. The number of rotatable bonds is 2. The first kappa shape index (κ1) is 15.0. The van der Waals surface area contributed by atoms with E-state index in [2.05, 4.69) is 10.3 Å². The van der Waals surface area contributed by atoms with E-state index in [9.17, 15) is 13.2 Å². The van der Waals surface area contributed by atoms with Crippen LogP contribution in [0, 0.1) is 0 Å². The summed E-state index contributed by atoms with van der Waals surface area (Å²) in [6, 6.07) is 1.16. The Hall–Kier alpha value is -1.01. The van der Waals surface area contributed by atoms with E-state index in [1.807, 2.05) is 11.9 Å². The van der Waals surface area contributed by atoms with E-state index >= 15 is 0 Å². The molecule has 0 aromatic carbocycles. The summed E-state index contributed by atoms with van der Waals surface area (Å²) in [4.78, 5) is 5.59. The lowest BCUT2D eigenvalue weighted by molar-refractivity contribution is -0.137. The molecule has 18 heavy (non-hydrogen) atoms. The SMILES string of the molecule is CNC1CCCN1c1cncc(C(F)(F)F)c1.Cl. The third-order valence-corrected chi connectivity index (χ3v) is 2.97. The fourth-order valence-corrected chi connectivity index (χ4v) is 2.12. The average Bonchev–Trinajstić information content (AvgIpc) is 2.76. The number of alkyl halides is 3. The molecule has 2 rings (SSSR count). The molecule has 0 aliphatic carbocycles. The Morgan fingerprint density at radius 3 is 2.72 bits per heavy atom. The van der Waals surface area contributed by atoms with Crippen molar-refractivity contribution in [2.24, 2.45) is 0 Å². The number of nitrogens with one attached hydrogen (secondary N) is 1. The van der Waals surface area contributed by atoms with Gasteiger partial charge in [-0.2, -0.15) is 13.2 Å². The molecule has 1 aromatic heterocycles. The fraction of sp³-hybridized carbons (Fsp3) is 0.545. The van der Waals surface area contributed by atoms with E-state index in [0.29, 0.717) is 5.69 Å². The third kappa shape index (κ3) is 3.05. The van der Waals surface area contributed by atoms with Crippen molar-refractivity contribution < 1.29 is 13.2 Å². The quantitative estimate of drug-likeness (QED) is 0.903. The highest BCUT2D eigenvalue weighted by Crippen LogP contribution is 2.32. The minimum Gasteiger partial charge on any atom is -0.355 e. The average molecular weight is 282 g/mol. The molecule has 1 aliphatic heterocycles.